The predicted octanol–water partition coefficient (Wildman–Crippen LogP) is 4.62. The van der Waals surface area contributed by atoms with E-state index in [0.717, 1.165) is 41.0 Å². The minimum atomic E-state index is -0.891. The first-order valence-corrected chi connectivity index (χ1v) is 9.21. The molecule has 0 unspecified atom stereocenters. The molecule has 0 aliphatic carbocycles. The molecule has 0 atom stereocenters. The zero-order valence-electron chi connectivity index (χ0n) is 15.6. The zero-order chi connectivity index (χ0) is 19.0. The van der Waals surface area contributed by atoms with Gasteiger partial charge in [-0.15, -0.1) is 0 Å². The second-order valence-corrected chi connectivity index (χ2v) is 7.02. The van der Waals surface area contributed by atoms with Crippen LogP contribution in [-0.2, 0) is 6.54 Å². The zero-order valence-corrected chi connectivity index (χ0v) is 15.6. The van der Waals surface area contributed by atoms with E-state index in [2.05, 4.69) is 49.1 Å². The molecule has 136 valence electrons. The molecule has 0 spiro atoms. The van der Waals surface area contributed by atoms with Crippen molar-refractivity contribution in [2.75, 3.05) is 13.1 Å². The van der Waals surface area contributed by atoms with E-state index in [1.807, 2.05) is 24.3 Å². The van der Waals surface area contributed by atoms with Crippen LogP contribution in [0.15, 0.2) is 48.5 Å². The second-order valence-electron chi connectivity index (χ2n) is 7.02. The molecule has 1 N–H and O–H groups in total. The summed E-state index contributed by atoms with van der Waals surface area (Å²) in [6, 6.07) is 15.9. The Morgan fingerprint density at radius 2 is 1.89 bits per heavy atom. The summed E-state index contributed by atoms with van der Waals surface area (Å²) in [5.74, 6) is -0.891. The molecule has 0 saturated heterocycles. The highest BCUT2D eigenvalue weighted by Crippen LogP contribution is 2.33. The number of benzene rings is 2. The molecule has 1 aliphatic rings. The van der Waals surface area contributed by atoms with Gasteiger partial charge in [-0.1, -0.05) is 55.0 Å². The number of para-hydroxylation sites is 1. The van der Waals surface area contributed by atoms with Crippen LogP contribution < -0.4 is 0 Å². The summed E-state index contributed by atoms with van der Waals surface area (Å²) in [4.78, 5) is 19.2. The third-order valence-corrected chi connectivity index (χ3v) is 5.15. The van der Waals surface area contributed by atoms with Gasteiger partial charge in [-0.25, -0.2) is 9.78 Å². The number of rotatable bonds is 3. The van der Waals surface area contributed by atoms with Crippen LogP contribution in [0, 0.1) is 6.92 Å². The van der Waals surface area contributed by atoms with Crippen molar-refractivity contribution in [1.82, 2.24) is 9.88 Å². The van der Waals surface area contributed by atoms with Gasteiger partial charge in [0.1, 0.15) is 0 Å². The summed E-state index contributed by atoms with van der Waals surface area (Å²) in [5.41, 5.74) is 6.12. The molecular weight excluding hydrogens is 336 g/mol. The van der Waals surface area contributed by atoms with Gasteiger partial charge in [0, 0.05) is 24.0 Å². The molecule has 27 heavy (non-hydrogen) atoms. The van der Waals surface area contributed by atoms with Crippen molar-refractivity contribution >= 4 is 28.5 Å². The number of carboxylic acid groups (broad SMARTS) is 1. The summed E-state index contributed by atoms with van der Waals surface area (Å²) < 4.78 is 0. The maximum absolute atomic E-state index is 12.1. The van der Waals surface area contributed by atoms with E-state index in [-0.39, 0.29) is 0 Å². The van der Waals surface area contributed by atoms with Crippen molar-refractivity contribution in [3.05, 3.63) is 76.5 Å². The largest absolute Gasteiger partial charge is 0.478 e. The Bertz CT molecular complexity index is 1050. The van der Waals surface area contributed by atoms with E-state index < -0.39 is 5.97 Å². The van der Waals surface area contributed by atoms with E-state index in [9.17, 15) is 9.90 Å². The third-order valence-electron chi connectivity index (χ3n) is 5.15. The molecule has 0 bridgehead atoms. The molecule has 4 rings (SSSR count). The molecule has 0 fully saturated rings. The van der Waals surface area contributed by atoms with Crippen molar-refractivity contribution in [3.63, 3.8) is 0 Å². The van der Waals surface area contributed by atoms with Crippen LogP contribution in [0.3, 0.4) is 0 Å². The quantitative estimate of drug-likeness (QED) is 0.742. The van der Waals surface area contributed by atoms with Crippen LogP contribution in [0.1, 0.15) is 39.7 Å². The van der Waals surface area contributed by atoms with Crippen molar-refractivity contribution in [2.45, 2.75) is 20.4 Å². The highest BCUT2D eigenvalue weighted by atomic mass is 16.4. The Kier molecular flexibility index (Phi) is 4.50. The molecule has 0 radical (unpaired) electrons. The highest BCUT2D eigenvalue weighted by Gasteiger charge is 2.27. The van der Waals surface area contributed by atoms with Gasteiger partial charge in [0.25, 0.3) is 0 Å². The average Bonchev–Trinajstić information content (AvgIpc) is 2.67. The van der Waals surface area contributed by atoms with Crippen LogP contribution >= 0.6 is 0 Å². The summed E-state index contributed by atoms with van der Waals surface area (Å²) >= 11 is 0. The molecule has 3 aromatic rings. The fraction of sp³-hybridized carbons (Fsp3) is 0.217. The first-order valence-electron chi connectivity index (χ1n) is 9.21. The minimum absolute atomic E-state index is 0.378. The molecule has 0 amide bonds. The molecular formula is C23H22N2O2. The number of aromatic carboxylic acids is 1. The number of hydrogen-bond acceptors (Lipinski definition) is 3. The van der Waals surface area contributed by atoms with Gasteiger partial charge >= 0.3 is 5.97 Å². The number of aryl methyl sites for hydroxylation is 1. The lowest BCUT2D eigenvalue weighted by Gasteiger charge is -2.30. The lowest BCUT2D eigenvalue weighted by Crippen LogP contribution is -2.31. The van der Waals surface area contributed by atoms with Crippen molar-refractivity contribution in [1.29, 1.82) is 0 Å². The molecule has 4 nitrogen and oxygen atoms in total. The van der Waals surface area contributed by atoms with E-state index in [1.165, 1.54) is 5.56 Å². The maximum Gasteiger partial charge on any atom is 0.336 e. The number of aromatic nitrogens is 1. The normalized spacial score (nSPS) is 15.9. The smallest absolute Gasteiger partial charge is 0.336 e. The third kappa shape index (κ3) is 3.24. The van der Waals surface area contributed by atoms with Crippen LogP contribution in [0.4, 0.5) is 0 Å². The van der Waals surface area contributed by atoms with Crippen LogP contribution in [-0.4, -0.2) is 34.0 Å². The molecule has 4 heteroatoms. The summed E-state index contributed by atoms with van der Waals surface area (Å²) in [6.45, 7) is 6.40. The molecule has 1 aromatic heterocycles. The monoisotopic (exact) mass is 358 g/mol. The maximum atomic E-state index is 12.1. The van der Waals surface area contributed by atoms with Gasteiger partial charge in [0.15, 0.2) is 0 Å². The average molecular weight is 358 g/mol. The number of likely N-dealkylation sites (N-methyl/N-ethyl adjacent to an activating group) is 1. The number of fused-ring (bicyclic) bond motifs is 2. The SMILES string of the molecule is CCN1CC(=Cc2ccc(C)cc2)c2nc3ccccc3c(C(=O)O)c2C1. The number of carbonyl (C=O) groups is 1. The standard InChI is InChI=1S/C23H22N2O2/c1-3-25-13-17(12-16-10-8-15(2)9-11-16)22-19(14-25)21(23(26)27)18-6-4-5-7-20(18)24-22/h4-12H,3,13-14H2,1-2H3,(H,26,27). The Labute approximate surface area is 158 Å². The van der Waals surface area contributed by atoms with E-state index in [1.54, 1.807) is 0 Å². The van der Waals surface area contributed by atoms with Gasteiger partial charge in [-0.3, -0.25) is 4.90 Å². The fourth-order valence-electron chi connectivity index (χ4n) is 3.71. The van der Waals surface area contributed by atoms with Gasteiger partial charge < -0.3 is 5.11 Å². The second kappa shape index (κ2) is 6.97. The van der Waals surface area contributed by atoms with Gasteiger partial charge in [-0.05, 0) is 36.7 Å². The van der Waals surface area contributed by atoms with E-state index in [0.29, 0.717) is 17.5 Å². The highest BCUT2D eigenvalue weighted by molar-refractivity contribution is 6.06. The van der Waals surface area contributed by atoms with Crippen LogP contribution in [0.25, 0.3) is 22.6 Å². The molecule has 2 heterocycles. The lowest BCUT2D eigenvalue weighted by atomic mass is 9.92. The van der Waals surface area contributed by atoms with Crippen molar-refractivity contribution < 1.29 is 9.90 Å². The van der Waals surface area contributed by atoms with Crippen LogP contribution in [0.2, 0.25) is 0 Å². The Balaban J connectivity index is 1.97. The van der Waals surface area contributed by atoms with E-state index >= 15 is 0 Å². The minimum Gasteiger partial charge on any atom is -0.478 e. The number of carboxylic acids is 1. The van der Waals surface area contributed by atoms with E-state index in [4.69, 9.17) is 4.98 Å². The summed E-state index contributed by atoms with van der Waals surface area (Å²) in [7, 11) is 0. The number of nitrogens with zero attached hydrogens (tertiary/aromatic N) is 2. The first kappa shape index (κ1) is 17.4. The van der Waals surface area contributed by atoms with Gasteiger partial charge in [0.05, 0.1) is 16.8 Å². The summed E-state index contributed by atoms with van der Waals surface area (Å²) in [6.07, 6.45) is 2.13. The van der Waals surface area contributed by atoms with Crippen molar-refractivity contribution in [2.24, 2.45) is 0 Å². The Morgan fingerprint density at radius 1 is 1.15 bits per heavy atom. The fourth-order valence-corrected chi connectivity index (χ4v) is 3.71. The van der Waals surface area contributed by atoms with Crippen molar-refractivity contribution in [3.8, 4) is 0 Å². The molecule has 1 aliphatic heterocycles. The molecule has 2 aromatic carbocycles. The van der Waals surface area contributed by atoms with Crippen LogP contribution in [0.5, 0.6) is 0 Å². The predicted molar refractivity (Wildman–Crippen MR) is 109 cm³/mol. The summed E-state index contributed by atoms with van der Waals surface area (Å²) in [5, 5.41) is 10.6. The Hall–Kier alpha value is -2.98. The Morgan fingerprint density at radius 3 is 2.59 bits per heavy atom. The lowest BCUT2D eigenvalue weighted by molar-refractivity contribution is 0.0696. The number of hydrogen-bond donors (Lipinski definition) is 1. The number of pyridine rings is 1. The van der Waals surface area contributed by atoms with Gasteiger partial charge in [0.2, 0.25) is 0 Å². The van der Waals surface area contributed by atoms with Gasteiger partial charge in [-0.2, -0.15) is 0 Å². The first-order chi connectivity index (χ1) is 13.1. The topological polar surface area (TPSA) is 53.4 Å². The molecule has 0 saturated carbocycles.